The number of hydrogen-bond donors (Lipinski definition) is 1. The van der Waals surface area contributed by atoms with Gasteiger partial charge in [0.05, 0.1) is 0 Å². The Morgan fingerprint density at radius 1 is 1.16 bits per heavy atom. The molecule has 3 aromatic rings. The first-order chi connectivity index (χ1) is 15.0. The molecule has 0 radical (unpaired) electrons. The Kier molecular flexibility index (Phi) is 6.41. The fourth-order valence-electron chi connectivity index (χ4n) is 3.53. The molecule has 0 bridgehead atoms. The number of amides is 1. The van der Waals surface area contributed by atoms with E-state index in [1.165, 1.54) is 18.5 Å². The number of nitrogens with one attached hydrogen (secondary N) is 1. The molecule has 0 aliphatic carbocycles. The third-order valence-electron chi connectivity index (χ3n) is 5.87. The highest BCUT2D eigenvalue weighted by molar-refractivity contribution is 7.92. The van der Waals surface area contributed by atoms with E-state index in [1.54, 1.807) is 18.5 Å². The van der Waals surface area contributed by atoms with Crippen molar-refractivity contribution in [3.63, 3.8) is 0 Å². The van der Waals surface area contributed by atoms with Crippen LogP contribution in [0, 0.1) is 0 Å². The Morgan fingerprint density at radius 3 is 2.41 bits per heavy atom. The molecule has 0 spiro atoms. The van der Waals surface area contributed by atoms with E-state index in [0.717, 1.165) is 28.6 Å². The van der Waals surface area contributed by atoms with Gasteiger partial charge in [-0.05, 0) is 54.6 Å². The Morgan fingerprint density at radius 2 is 1.84 bits per heavy atom. The van der Waals surface area contributed by atoms with Crippen molar-refractivity contribution in [3.8, 4) is 11.1 Å². The number of fused-ring (bicyclic) bond motifs is 1. The van der Waals surface area contributed by atoms with Crippen molar-refractivity contribution in [3.05, 3.63) is 59.1 Å². The van der Waals surface area contributed by atoms with Gasteiger partial charge in [-0.25, -0.2) is 13.4 Å². The number of carbonyl (C=O) groups excluding carboxylic acids is 1. The van der Waals surface area contributed by atoms with Gasteiger partial charge in [0, 0.05) is 57.3 Å². The molecule has 9 heteroatoms. The van der Waals surface area contributed by atoms with E-state index in [4.69, 9.17) is 0 Å². The molecule has 1 aromatic carbocycles. The molecule has 1 N–H and O–H groups in total. The second kappa shape index (κ2) is 8.74. The minimum Gasteiger partial charge on any atom is -0.363 e. The highest BCUT2D eigenvalue weighted by atomic mass is 32.2. The first-order valence-electron chi connectivity index (χ1n) is 10.2. The molecule has 1 amide bonds. The number of benzene rings is 1. The Bertz CT molecular complexity index is 1310. The highest BCUT2D eigenvalue weighted by Gasteiger charge is 2.42. The van der Waals surface area contributed by atoms with Crippen molar-refractivity contribution < 1.29 is 13.2 Å². The van der Waals surface area contributed by atoms with Crippen LogP contribution in [0.5, 0.6) is 0 Å². The van der Waals surface area contributed by atoms with E-state index in [1.807, 2.05) is 49.3 Å². The number of hydrogen-bond acceptors (Lipinski definition) is 6. The Balaban J connectivity index is 1.92. The van der Waals surface area contributed by atoms with E-state index in [9.17, 15) is 18.0 Å². The summed E-state index contributed by atoms with van der Waals surface area (Å²) in [5, 5.41) is 3.71. The van der Waals surface area contributed by atoms with Gasteiger partial charge in [-0.3, -0.25) is 9.59 Å². The summed E-state index contributed by atoms with van der Waals surface area (Å²) in [6, 6.07) is 11.3. The highest BCUT2D eigenvalue weighted by Crippen LogP contribution is 2.25. The molecule has 0 aliphatic rings. The van der Waals surface area contributed by atoms with Gasteiger partial charge in [-0.1, -0.05) is 6.07 Å². The van der Waals surface area contributed by atoms with Crippen molar-refractivity contribution in [2.45, 2.75) is 24.6 Å². The summed E-state index contributed by atoms with van der Waals surface area (Å²) >= 11 is 0. The van der Waals surface area contributed by atoms with Gasteiger partial charge < -0.3 is 14.8 Å². The van der Waals surface area contributed by atoms with Crippen LogP contribution in [-0.2, 0) is 21.2 Å². The summed E-state index contributed by atoms with van der Waals surface area (Å²) in [6.07, 6.45) is 4.45. The maximum absolute atomic E-state index is 13.0. The number of rotatable bonds is 7. The monoisotopic (exact) mass is 456 g/mol. The lowest BCUT2D eigenvalue weighted by Crippen LogP contribution is -2.49. The molecule has 0 aliphatic heterocycles. The zero-order chi connectivity index (χ0) is 23.7. The predicted molar refractivity (Wildman–Crippen MR) is 128 cm³/mol. The number of sulfone groups is 1. The molecule has 1 atom stereocenters. The van der Waals surface area contributed by atoms with Crippen LogP contribution in [0.25, 0.3) is 21.9 Å². The summed E-state index contributed by atoms with van der Waals surface area (Å²) in [5.74, 6) is 0.266. The SMILES string of the molecule is CNC(=O)[C@@](C)(CCn1ccc2cc(-c3ccc(N(C)C)nc3)ccc2c1=O)S(C)(=O)=O. The zero-order valence-electron chi connectivity index (χ0n) is 18.9. The first kappa shape index (κ1) is 23.5. The second-order valence-electron chi connectivity index (χ2n) is 8.25. The fourth-order valence-corrected chi connectivity index (χ4v) is 4.43. The molecule has 32 heavy (non-hydrogen) atoms. The van der Waals surface area contributed by atoms with Gasteiger partial charge in [0.2, 0.25) is 5.91 Å². The lowest BCUT2D eigenvalue weighted by atomic mass is 10.0. The van der Waals surface area contributed by atoms with Gasteiger partial charge in [0.15, 0.2) is 9.84 Å². The lowest BCUT2D eigenvalue weighted by molar-refractivity contribution is -0.123. The van der Waals surface area contributed by atoms with E-state index >= 15 is 0 Å². The first-order valence-corrected chi connectivity index (χ1v) is 12.1. The van der Waals surface area contributed by atoms with Gasteiger partial charge in [-0.2, -0.15) is 0 Å². The van der Waals surface area contributed by atoms with E-state index < -0.39 is 20.5 Å². The number of aromatic nitrogens is 2. The molecule has 8 nitrogen and oxygen atoms in total. The summed E-state index contributed by atoms with van der Waals surface area (Å²) < 4.78 is 24.3. The van der Waals surface area contributed by atoms with Crippen LogP contribution in [0.1, 0.15) is 13.3 Å². The van der Waals surface area contributed by atoms with Crippen molar-refractivity contribution >= 4 is 32.3 Å². The maximum atomic E-state index is 13.0. The molecule has 2 heterocycles. The third-order valence-corrected chi connectivity index (χ3v) is 7.90. The molecule has 2 aromatic heterocycles. The fraction of sp³-hybridized carbons (Fsp3) is 0.348. The minimum atomic E-state index is -3.68. The normalized spacial score (nSPS) is 13.5. The van der Waals surface area contributed by atoms with Gasteiger partial charge in [0.25, 0.3) is 5.56 Å². The van der Waals surface area contributed by atoms with Crippen molar-refractivity contribution in [2.24, 2.45) is 0 Å². The Labute approximate surface area is 187 Å². The topological polar surface area (TPSA) is 101 Å². The summed E-state index contributed by atoms with van der Waals surface area (Å²) in [4.78, 5) is 31.6. The van der Waals surface area contributed by atoms with Crippen LogP contribution in [0.3, 0.4) is 0 Å². The largest absolute Gasteiger partial charge is 0.363 e. The number of nitrogens with zero attached hydrogens (tertiary/aromatic N) is 3. The molecule has 3 rings (SSSR count). The third kappa shape index (κ3) is 4.38. The molecule has 0 saturated heterocycles. The zero-order valence-corrected chi connectivity index (χ0v) is 19.7. The average molecular weight is 457 g/mol. The standard InChI is InChI=1S/C23H28N4O4S/c1-23(22(29)24-2,32(5,30)31)11-13-27-12-10-17-14-16(6-8-19(17)21(27)28)18-7-9-20(25-15-18)26(3)4/h6-10,12,14-15H,11,13H2,1-5H3,(H,24,29)/t23-/m1/s1. The van der Waals surface area contributed by atoms with Gasteiger partial charge in [0.1, 0.15) is 10.6 Å². The van der Waals surface area contributed by atoms with Crippen LogP contribution in [0.15, 0.2) is 53.6 Å². The van der Waals surface area contributed by atoms with Crippen LogP contribution >= 0.6 is 0 Å². The molecule has 0 fully saturated rings. The van der Waals surface area contributed by atoms with E-state index in [-0.39, 0.29) is 18.5 Å². The van der Waals surface area contributed by atoms with E-state index in [0.29, 0.717) is 5.39 Å². The lowest BCUT2D eigenvalue weighted by Gasteiger charge is -2.26. The molecule has 0 saturated carbocycles. The smallest absolute Gasteiger partial charge is 0.258 e. The van der Waals surface area contributed by atoms with Crippen LogP contribution in [-0.4, -0.2) is 56.0 Å². The van der Waals surface area contributed by atoms with E-state index in [2.05, 4.69) is 10.3 Å². The molecular weight excluding hydrogens is 428 g/mol. The molecular formula is C23H28N4O4S. The summed E-state index contributed by atoms with van der Waals surface area (Å²) in [7, 11) is 1.57. The van der Waals surface area contributed by atoms with Crippen LogP contribution < -0.4 is 15.8 Å². The van der Waals surface area contributed by atoms with Crippen LogP contribution in [0.2, 0.25) is 0 Å². The van der Waals surface area contributed by atoms with Crippen molar-refractivity contribution in [2.75, 3.05) is 32.3 Å². The van der Waals surface area contributed by atoms with Gasteiger partial charge >= 0.3 is 0 Å². The summed E-state index contributed by atoms with van der Waals surface area (Å²) in [6.45, 7) is 1.48. The summed E-state index contributed by atoms with van der Waals surface area (Å²) in [5.41, 5.74) is 1.65. The maximum Gasteiger partial charge on any atom is 0.258 e. The number of carbonyl (C=O) groups is 1. The average Bonchev–Trinajstić information content (AvgIpc) is 2.76. The molecule has 0 unspecified atom stereocenters. The molecule has 170 valence electrons. The Hall–Kier alpha value is -3.20. The van der Waals surface area contributed by atoms with Crippen molar-refractivity contribution in [1.82, 2.24) is 14.9 Å². The van der Waals surface area contributed by atoms with Crippen molar-refractivity contribution in [1.29, 1.82) is 0 Å². The predicted octanol–water partition coefficient (Wildman–Crippen LogP) is 2.07. The van der Waals surface area contributed by atoms with Crippen LogP contribution in [0.4, 0.5) is 5.82 Å². The number of aryl methyl sites for hydroxylation is 1. The second-order valence-corrected chi connectivity index (χ2v) is 10.7. The minimum absolute atomic E-state index is 0.0150. The quantitative estimate of drug-likeness (QED) is 0.584. The number of anilines is 1. The number of pyridine rings is 2. The van der Waals surface area contributed by atoms with Gasteiger partial charge in [-0.15, -0.1) is 0 Å².